The largest absolute Gasteiger partial charge is 0.497 e. The molecular formula is C30H34N2O7. The normalized spacial score (nSPS) is 13.4. The summed E-state index contributed by atoms with van der Waals surface area (Å²) in [6.45, 7) is 6.94. The van der Waals surface area contributed by atoms with Gasteiger partial charge in [0.1, 0.15) is 17.2 Å². The fraction of sp³-hybridized carbons (Fsp3) is 0.333. The molecule has 0 radical (unpaired) electrons. The Bertz CT molecular complexity index is 1330. The molecule has 0 bridgehead atoms. The number of hydrogen-bond donors (Lipinski definition) is 1. The monoisotopic (exact) mass is 534 g/mol. The van der Waals surface area contributed by atoms with E-state index in [1.54, 1.807) is 19.3 Å². The highest BCUT2D eigenvalue weighted by Gasteiger charge is 2.20. The van der Waals surface area contributed by atoms with Crippen molar-refractivity contribution in [2.24, 2.45) is 0 Å². The van der Waals surface area contributed by atoms with Gasteiger partial charge in [-0.05, 0) is 54.5 Å². The number of fused-ring (bicyclic) bond motifs is 1. The lowest BCUT2D eigenvalue weighted by molar-refractivity contribution is -0.142. The maximum absolute atomic E-state index is 12.7. The number of anilines is 2. The molecule has 1 N–H and O–H groups in total. The molecule has 3 aromatic carbocycles. The summed E-state index contributed by atoms with van der Waals surface area (Å²) in [5.74, 6) is 0.813. The number of amides is 1. The first kappa shape index (κ1) is 27.8. The Morgan fingerprint density at radius 2 is 1.67 bits per heavy atom. The van der Waals surface area contributed by atoms with Crippen molar-refractivity contribution in [3.05, 3.63) is 60.2 Å². The molecular weight excluding hydrogens is 500 g/mol. The summed E-state index contributed by atoms with van der Waals surface area (Å²) in [7, 11) is 1.63. The van der Waals surface area contributed by atoms with Gasteiger partial charge in [0.15, 0.2) is 6.61 Å². The summed E-state index contributed by atoms with van der Waals surface area (Å²) >= 11 is 0. The van der Waals surface area contributed by atoms with Crippen LogP contribution in [0.3, 0.4) is 0 Å². The van der Waals surface area contributed by atoms with E-state index in [0.717, 1.165) is 40.9 Å². The predicted octanol–water partition coefficient (Wildman–Crippen LogP) is 4.68. The van der Waals surface area contributed by atoms with Crippen molar-refractivity contribution in [2.45, 2.75) is 13.8 Å². The molecule has 9 heteroatoms. The van der Waals surface area contributed by atoms with Crippen molar-refractivity contribution in [3.63, 3.8) is 0 Å². The first-order valence-electron chi connectivity index (χ1n) is 13.0. The first-order valence-corrected chi connectivity index (χ1v) is 13.0. The van der Waals surface area contributed by atoms with Crippen LogP contribution in [0.15, 0.2) is 54.6 Å². The number of esters is 1. The summed E-state index contributed by atoms with van der Waals surface area (Å²) < 4.78 is 27.6. The minimum absolute atomic E-state index is 0.418. The second-order valence-electron chi connectivity index (χ2n) is 8.74. The minimum Gasteiger partial charge on any atom is -0.497 e. The molecule has 9 nitrogen and oxygen atoms in total. The zero-order chi connectivity index (χ0) is 27.6. The number of methoxy groups -OCH3 is 1. The molecule has 0 saturated carbocycles. The average Bonchev–Trinajstić information content (AvgIpc) is 2.96. The number of ether oxygens (including phenoxy) is 5. The van der Waals surface area contributed by atoms with E-state index >= 15 is 0 Å². The molecule has 1 saturated heterocycles. The van der Waals surface area contributed by atoms with E-state index < -0.39 is 18.5 Å². The van der Waals surface area contributed by atoms with Crippen molar-refractivity contribution in [1.29, 1.82) is 0 Å². The zero-order valence-electron chi connectivity index (χ0n) is 22.5. The van der Waals surface area contributed by atoms with Gasteiger partial charge < -0.3 is 33.9 Å². The Hall–Kier alpha value is -4.24. The Morgan fingerprint density at radius 1 is 0.949 bits per heavy atom. The fourth-order valence-electron chi connectivity index (χ4n) is 4.25. The Labute approximate surface area is 228 Å². The topological polar surface area (TPSA) is 95.6 Å². The van der Waals surface area contributed by atoms with Crippen molar-refractivity contribution in [2.75, 3.05) is 63.5 Å². The van der Waals surface area contributed by atoms with Crippen molar-refractivity contribution < 1.29 is 33.3 Å². The van der Waals surface area contributed by atoms with E-state index in [1.807, 2.05) is 56.3 Å². The van der Waals surface area contributed by atoms with Gasteiger partial charge in [0, 0.05) is 31.3 Å². The van der Waals surface area contributed by atoms with Crippen LogP contribution < -0.4 is 24.4 Å². The van der Waals surface area contributed by atoms with Gasteiger partial charge in [0.25, 0.3) is 5.91 Å². The number of rotatable bonds is 11. The first-order chi connectivity index (χ1) is 19.0. The molecule has 0 unspecified atom stereocenters. The molecule has 39 heavy (non-hydrogen) atoms. The van der Waals surface area contributed by atoms with Crippen LogP contribution in [0.1, 0.15) is 19.4 Å². The third kappa shape index (κ3) is 7.42. The second-order valence-corrected chi connectivity index (χ2v) is 8.74. The minimum atomic E-state index is -0.623. The van der Waals surface area contributed by atoms with Crippen LogP contribution in [-0.2, 0) is 19.1 Å². The molecule has 206 valence electrons. The van der Waals surface area contributed by atoms with Gasteiger partial charge in [-0.3, -0.25) is 4.79 Å². The fourth-order valence-corrected chi connectivity index (χ4v) is 4.25. The summed E-state index contributed by atoms with van der Waals surface area (Å²) in [5.41, 5.74) is 2.16. The lowest BCUT2D eigenvalue weighted by atomic mass is 10.1. The molecule has 4 rings (SSSR count). The van der Waals surface area contributed by atoms with Crippen LogP contribution in [0.25, 0.3) is 16.8 Å². The highest BCUT2D eigenvalue weighted by atomic mass is 16.5. The number of hydrogen-bond acceptors (Lipinski definition) is 8. The highest BCUT2D eigenvalue weighted by molar-refractivity contribution is 5.96. The van der Waals surface area contributed by atoms with Crippen molar-refractivity contribution >= 4 is 40.1 Å². The Balaban J connectivity index is 1.39. The van der Waals surface area contributed by atoms with Gasteiger partial charge in [0.2, 0.25) is 0 Å². The lowest BCUT2D eigenvalue weighted by Gasteiger charge is -2.31. The number of benzene rings is 3. The van der Waals surface area contributed by atoms with Crippen molar-refractivity contribution in [1.82, 2.24) is 0 Å². The third-order valence-electron chi connectivity index (χ3n) is 6.12. The van der Waals surface area contributed by atoms with Crippen LogP contribution in [-0.4, -0.2) is 65.1 Å². The Kier molecular flexibility index (Phi) is 9.64. The van der Waals surface area contributed by atoms with E-state index in [2.05, 4.69) is 10.2 Å². The second kappa shape index (κ2) is 13.5. The van der Waals surface area contributed by atoms with E-state index in [4.69, 9.17) is 23.7 Å². The van der Waals surface area contributed by atoms with E-state index in [0.29, 0.717) is 43.6 Å². The molecule has 1 fully saturated rings. The molecule has 0 aromatic heterocycles. The molecule has 1 aliphatic heterocycles. The number of carbonyl (C=O) groups is 2. The van der Waals surface area contributed by atoms with Crippen LogP contribution in [0, 0.1) is 0 Å². The van der Waals surface area contributed by atoms with E-state index in [1.165, 1.54) is 6.08 Å². The van der Waals surface area contributed by atoms with Gasteiger partial charge in [-0.25, -0.2) is 4.79 Å². The molecule has 3 aromatic rings. The summed E-state index contributed by atoms with van der Waals surface area (Å²) in [6, 6.07) is 15.2. The molecule has 0 atom stereocenters. The number of morpholine rings is 1. The van der Waals surface area contributed by atoms with E-state index in [-0.39, 0.29) is 0 Å². The number of nitrogens with zero attached hydrogens (tertiary/aromatic N) is 1. The van der Waals surface area contributed by atoms with Crippen LogP contribution in [0.5, 0.6) is 17.2 Å². The van der Waals surface area contributed by atoms with Crippen LogP contribution >= 0.6 is 0 Å². The zero-order valence-corrected chi connectivity index (χ0v) is 22.5. The average molecular weight is 535 g/mol. The molecule has 1 aliphatic rings. The van der Waals surface area contributed by atoms with Gasteiger partial charge in [-0.2, -0.15) is 0 Å². The number of carbonyl (C=O) groups excluding carboxylic acids is 2. The van der Waals surface area contributed by atoms with E-state index in [9.17, 15) is 9.59 Å². The maximum Gasteiger partial charge on any atom is 0.331 e. The molecule has 0 aliphatic carbocycles. The van der Waals surface area contributed by atoms with Gasteiger partial charge in [-0.15, -0.1) is 0 Å². The molecule has 1 heterocycles. The standard InChI is InChI=1S/C30H34N2O7/c1-4-37-27-19-26(32-12-14-36-15-13-32)28(38-5-2)18-25(27)31-29(33)20-39-30(34)11-7-21-6-8-23-17-24(35-3)10-9-22(23)16-21/h6-11,16-19H,4-5,12-15,20H2,1-3H3,(H,31,33)/b11-7+. The summed E-state index contributed by atoms with van der Waals surface area (Å²) in [6.07, 6.45) is 2.95. The van der Waals surface area contributed by atoms with Gasteiger partial charge in [0.05, 0.1) is 44.9 Å². The predicted molar refractivity (Wildman–Crippen MR) is 151 cm³/mol. The maximum atomic E-state index is 12.7. The van der Waals surface area contributed by atoms with Gasteiger partial charge in [-0.1, -0.05) is 18.2 Å². The number of nitrogens with one attached hydrogen (secondary N) is 1. The van der Waals surface area contributed by atoms with Gasteiger partial charge >= 0.3 is 5.97 Å². The summed E-state index contributed by atoms with van der Waals surface area (Å²) in [5, 5.41) is 4.83. The smallest absolute Gasteiger partial charge is 0.331 e. The third-order valence-corrected chi connectivity index (χ3v) is 6.12. The Morgan fingerprint density at radius 3 is 2.41 bits per heavy atom. The van der Waals surface area contributed by atoms with Crippen LogP contribution in [0.2, 0.25) is 0 Å². The summed E-state index contributed by atoms with van der Waals surface area (Å²) in [4.78, 5) is 27.1. The lowest BCUT2D eigenvalue weighted by Crippen LogP contribution is -2.36. The van der Waals surface area contributed by atoms with Crippen LogP contribution in [0.4, 0.5) is 11.4 Å². The molecule has 1 amide bonds. The SMILES string of the molecule is CCOc1cc(N2CCOCC2)c(OCC)cc1NC(=O)COC(=O)/C=C/c1ccc2cc(OC)ccc2c1. The van der Waals surface area contributed by atoms with Crippen molar-refractivity contribution in [3.8, 4) is 17.2 Å². The molecule has 0 spiro atoms. The quantitative estimate of drug-likeness (QED) is 0.280. The highest BCUT2D eigenvalue weighted by Crippen LogP contribution is 2.39.